The molecule has 2 saturated heterocycles. The van der Waals surface area contributed by atoms with Crippen LogP contribution in [0.4, 0.5) is 0 Å². The second kappa shape index (κ2) is 7.90. The summed E-state index contributed by atoms with van der Waals surface area (Å²) in [6.45, 7) is 4.20. The number of likely N-dealkylation sites (tertiary alicyclic amines) is 1. The van der Waals surface area contributed by atoms with Crippen molar-refractivity contribution in [1.82, 2.24) is 9.80 Å². The average Bonchev–Trinajstić information content (AvgIpc) is 2.58. The molecular weight excluding hydrogens is 292 g/mol. The Morgan fingerprint density at radius 2 is 1.91 bits per heavy atom. The smallest absolute Gasteiger partial charge is 0.237 e. The summed E-state index contributed by atoms with van der Waals surface area (Å²) in [5.74, 6) is 0.131. The Hall–Kier alpha value is -1.43. The van der Waals surface area contributed by atoms with Crippen LogP contribution in [0.15, 0.2) is 30.3 Å². The van der Waals surface area contributed by atoms with Crippen molar-refractivity contribution in [1.29, 1.82) is 0 Å². The summed E-state index contributed by atoms with van der Waals surface area (Å²) in [5, 5.41) is 10.4. The van der Waals surface area contributed by atoms with Gasteiger partial charge in [-0.15, -0.1) is 0 Å². The molecule has 2 fully saturated rings. The minimum absolute atomic E-state index is 0.111. The van der Waals surface area contributed by atoms with Gasteiger partial charge in [-0.25, -0.2) is 0 Å². The normalized spacial score (nSPS) is 26.2. The van der Waals surface area contributed by atoms with Crippen LogP contribution in [0, 0.1) is 0 Å². The molecule has 1 amide bonds. The maximum absolute atomic E-state index is 12.7. The van der Waals surface area contributed by atoms with E-state index >= 15 is 0 Å². The molecular formula is C18H26N2O3. The van der Waals surface area contributed by atoms with Crippen LogP contribution < -0.4 is 0 Å². The van der Waals surface area contributed by atoms with E-state index in [1.165, 1.54) is 5.56 Å². The number of piperidine rings is 1. The van der Waals surface area contributed by atoms with Crippen LogP contribution in [0.2, 0.25) is 0 Å². The molecule has 23 heavy (non-hydrogen) atoms. The van der Waals surface area contributed by atoms with Crippen LogP contribution in [-0.4, -0.2) is 72.4 Å². The summed E-state index contributed by atoms with van der Waals surface area (Å²) in [5.41, 5.74) is 1.17. The van der Waals surface area contributed by atoms with Gasteiger partial charge in [-0.2, -0.15) is 0 Å². The molecule has 1 N–H and O–H groups in total. The van der Waals surface area contributed by atoms with Crippen molar-refractivity contribution in [3.8, 4) is 0 Å². The molecule has 3 rings (SSSR count). The van der Waals surface area contributed by atoms with Crippen molar-refractivity contribution in [3.63, 3.8) is 0 Å². The van der Waals surface area contributed by atoms with Crippen molar-refractivity contribution in [2.45, 2.75) is 31.4 Å². The highest BCUT2D eigenvalue weighted by Crippen LogP contribution is 2.22. The molecule has 5 nitrogen and oxygen atoms in total. The van der Waals surface area contributed by atoms with Gasteiger partial charge in [0.15, 0.2) is 0 Å². The molecule has 0 saturated carbocycles. The Labute approximate surface area is 137 Å². The number of hydrogen-bond acceptors (Lipinski definition) is 4. The zero-order valence-corrected chi connectivity index (χ0v) is 13.6. The van der Waals surface area contributed by atoms with Crippen LogP contribution in [0.3, 0.4) is 0 Å². The summed E-state index contributed by atoms with van der Waals surface area (Å²) in [6.07, 6.45) is 1.94. The lowest BCUT2D eigenvalue weighted by molar-refractivity contribution is -0.140. The lowest BCUT2D eigenvalue weighted by atomic mass is 9.93. The Kier molecular flexibility index (Phi) is 5.65. The first kappa shape index (κ1) is 16.4. The third-order valence-corrected chi connectivity index (χ3v) is 4.81. The van der Waals surface area contributed by atoms with Gasteiger partial charge in [-0.3, -0.25) is 9.69 Å². The number of hydrogen-bond donors (Lipinski definition) is 1. The van der Waals surface area contributed by atoms with E-state index in [-0.39, 0.29) is 11.9 Å². The molecule has 0 radical (unpaired) electrons. The van der Waals surface area contributed by atoms with Crippen LogP contribution in [0.1, 0.15) is 18.4 Å². The molecule has 0 unspecified atom stereocenters. The van der Waals surface area contributed by atoms with E-state index in [4.69, 9.17) is 4.74 Å². The topological polar surface area (TPSA) is 53.0 Å². The third-order valence-electron chi connectivity index (χ3n) is 4.81. The number of morpholine rings is 1. The Bertz CT molecular complexity index is 502. The fourth-order valence-electron chi connectivity index (χ4n) is 3.49. The number of aliphatic hydroxyl groups excluding tert-OH is 1. The largest absolute Gasteiger partial charge is 0.391 e. The van der Waals surface area contributed by atoms with Gasteiger partial charge >= 0.3 is 0 Å². The third kappa shape index (κ3) is 4.31. The maximum atomic E-state index is 12.7. The number of rotatable bonds is 4. The molecule has 5 heteroatoms. The summed E-state index contributed by atoms with van der Waals surface area (Å²) >= 11 is 0. The van der Waals surface area contributed by atoms with Crippen molar-refractivity contribution in [2.24, 2.45) is 0 Å². The summed E-state index contributed by atoms with van der Waals surface area (Å²) in [7, 11) is 0. The predicted molar refractivity (Wildman–Crippen MR) is 88.1 cm³/mol. The maximum Gasteiger partial charge on any atom is 0.237 e. The first-order chi connectivity index (χ1) is 11.2. The molecule has 0 bridgehead atoms. The van der Waals surface area contributed by atoms with Crippen LogP contribution in [0.5, 0.6) is 0 Å². The Balaban J connectivity index is 1.65. The average molecular weight is 318 g/mol. The van der Waals surface area contributed by atoms with Crippen LogP contribution in [0.25, 0.3) is 0 Å². The van der Waals surface area contributed by atoms with E-state index in [9.17, 15) is 9.90 Å². The molecule has 2 heterocycles. The minimum atomic E-state index is -0.433. The predicted octanol–water partition coefficient (Wildman–Crippen LogP) is 0.913. The van der Waals surface area contributed by atoms with Gasteiger partial charge in [0.25, 0.3) is 0 Å². The van der Waals surface area contributed by atoms with Gasteiger partial charge in [0.1, 0.15) is 0 Å². The van der Waals surface area contributed by atoms with Crippen molar-refractivity contribution < 1.29 is 14.6 Å². The second-order valence-corrected chi connectivity index (χ2v) is 6.44. The van der Waals surface area contributed by atoms with E-state index in [1.807, 2.05) is 23.1 Å². The number of aliphatic hydroxyl groups is 1. The molecule has 2 aliphatic heterocycles. The molecule has 2 atom stereocenters. The van der Waals surface area contributed by atoms with Gasteiger partial charge < -0.3 is 14.7 Å². The molecule has 1 aromatic carbocycles. The number of amides is 1. The minimum Gasteiger partial charge on any atom is -0.391 e. The number of benzene rings is 1. The molecule has 126 valence electrons. The molecule has 0 spiro atoms. The number of carbonyl (C=O) groups excluding carboxylic acids is 1. The van der Waals surface area contributed by atoms with Crippen molar-refractivity contribution in [3.05, 3.63) is 35.9 Å². The quantitative estimate of drug-likeness (QED) is 0.897. The second-order valence-electron chi connectivity index (χ2n) is 6.44. The van der Waals surface area contributed by atoms with Crippen molar-refractivity contribution in [2.75, 3.05) is 39.4 Å². The number of nitrogens with zero attached hydrogens (tertiary/aromatic N) is 2. The SMILES string of the molecule is O=C(CN1CCOCC1)N1CCC[C@H](O)[C@@H]1Cc1ccccc1. The summed E-state index contributed by atoms with van der Waals surface area (Å²) < 4.78 is 5.34. The molecule has 1 aromatic rings. The fraction of sp³-hybridized carbons (Fsp3) is 0.611. The lowest BCUT2D eigenvalue weighted by Gasteiger charge is -2.40. The van der Waals surface area contributed by atoms with E-state index in [2.05, 4.69) is 17.0 Å². The van der Waals surface area contributed by atoms with E-state index < -0.39 is 6.10 Å². The highest BCUT2D eigenvalue weighted by atomic mass is 16.5. The van der Waals surface area contributed by atoms with Gasteiger partial charge in [0.05, 0.1) is 31.9 Å². The first-order valence-corrected chi connectivity index (χ1v) is 8.55. The standard InChI is InChI=1S/C18H26N2O3/c21-17-7-4-8-20(16(17)13-15-5-2-1-3-6-15)18(22)14-19-9-11-23-12-10-19/h1-3,5-6,16-17,21H,4,7-14H2/t16-,17-/m0/s1. The number of carbonyl (C=O) groups is 1. The monoisotopic (exact) mass is 318 g/mol. The highest BCUT2D eigenvalue weighted by molar-refractivity contribution is 5.79. The van der Waals surface area contributed by atoms with Gasteiger partial charge in [0, 0.05) is 19.6 Å². The van der Waals surface area contributed by atoms with Gasteiger partial charge in [-0.1, -0.05) is 30.3 Å². The molecule has 2 aliphatic rings. The highest BCUT2D eigenvalue weighted by Gasteiger charge is 2.33. The number of ether oxygens (including phenoxy) is 1. The lowest BCUT2D eigenvalue weighted by Crippen LogP contribution is -2.55. The molecule has 0 aliphatic carbocycles. The van der Waals surface area contributed by atoms with Gasteiger partial charge in [0.2, 0.25) is 5.91 Å². The zero-order valence-electron chi connectivity index (χ0n) is 13.6. The van der Waals surface area contributed by atoms with Crippen molar-refractivity contribution >= 4 is 5.91 Å². The zero-order chi connectivity index (χ0) is 16.1. The fourth-order valence-corrected chi connectivity index (χ4v) is 3.49. The first-order valence-electron chi connectivity index (χ1n) is 8.55. The van der Waals surface area contributed by atoms with Crippen LogP contribution >= 0.6 is 0 Å². The van der Waals surface area contributed by atoms with E-state index in [0.29, 0.717) is 19.8 Å². The molecule has 0 aromatic heterocycles. The van der Waals surface area contributed by atoms with E-state index in [0.717, 1.165) is 38.9 Å². The summed E-state index contributed by atoms with van der Waals surface area (Å²) in [6, 6.07) is 10.0. The Morgan fingerprint density at radius 1 is 1.17 bits per heavy atom. The summed E-state index contributed by atoms with van der Waals surface area (Å²) in [4.78, 5) is 16.8. The van der Waals surface area contributed by atoms with Crippen LogP contribution in [-0.2, 0) is 16.0 Å². The van der Waals surface area contributed by atoms with E-state index in [1.54, 1.807) is 0 Å². The van der Waals surface area contributed by atoms with Gasteiger partial charge in [-0.05, 0) is 24.8 Å². The Morgan fingerprint density at radius 3 is 2.65 bits per heavy atom.